The normalized spacial score (nSPS) is 12.8. The lowest BCUT2D eigenvalue weighted by Gasteiger charge is -2.34. The highest BCUT2D eigenvalue weighted by atomic mass is 16.3. The van der Waals surface area contributed by atoms with Crippen molar-refractivity contribution in [1.82, 2.24) is 15.0 Å². The maximum atomic E-state index is 6.70. The number of hydrogen-bond donors (Lipinski definition) is 0. The molecule has 0 atom stereocenters. The molecule has 0 amide bonds. The second-order valence-corrected chi connectivity index (χ2v) is 17.8. The third kappa shape index (κ3) is 6.00. The van der Waals surface area contributed by atoms with Gasteiger partial charge in [0, 0.05) is 32.7 Å². The third-order valence-corrected chi connectivity index (χ3v) is 14.0. The molecule has 5 heteroatoms. The lowest BCUT2D eigenvalue weighted by Crippen LogP contribution is -2.28. The molecule has 0 aliphatic heterocycles. The maximum absolute atomic E-state index is 6.70. The number of furan rings is 2. The van der Waals surface area contributed by atoms with Crippen molar-refractivity contribution in [3.8, 4) is 67.5 Å². The van der Waals surface area contributed by atoms with Crippen LogP contribution in [0.3, 0.4) is 0 Å². The Labute approximate surface area is 397 Å². The van der Waals surface area contributed by atoms with E-state index in [1.165, 1.54) is 33.4 Å². The third-order valence-electron chi connectivity index (χ3n) is 14.0. The predicted molar refractivity (Wildman–Crippen MR) is 279 cm³/mol. The van der Waals surface area contributed by atoms with Crippen molar-refractivity contribution < 1.29 is 8.83 Å². The van der Waals surface area contributed by atoms with E-state index in [0.717, 1.165) is 82.8 Å². The van der Waals surface area contributed by atoms with Gasteiger partial charge in [0.1, 0.15) is 22.3 Å². The standard InChI is InChI=1S/C64H39N3O2/c1-4-18-40(19-5-1)41-20-14-21-43(38-41)61-65-62(67-63(66-61)51-31-15-29-48-47-26-11-13-34-55(47)69-60(48)51)50-30-17-35-57-59(50)52-39-42(36-37-56(52)68-57)46-28-16-33-54-58(46)49-27-10-12-32-53(49)64(54,44-22-6-2-7-23-44)45-24-8-3-9-25-45/h1-39H. The molecular formula is C64H39N3O2. The van der Waals surface area contributed by atoms with Gasteiger partial charge in [-0.3, -0.25) is 0 Å². The fraction of sp³-hybridized carbons (Fsp3) is 0.0156. The van der Waals surface area contributed by atoms with Crippen molar-refractivity contribution in [3.63, 3.8) is 0 Å². The predicted octanol–water partition coefficient (Wildman–Crippen LogP) is 16.4. The Balaban J connectivity index is 0.988. The first-order valence-electron chi connectivity index (χ1n) is 23.3. The topological polar surface area (TPSA) is 65.0 Å². The van der Waals surface area contributed by atoms with E-state index in [0.29, 0.717) is 17.5 Å². The van der Waals surface area contributed by atoms with Crippen molar-refractivity contribution in [2.24, 2.45) is 0 Å². The number of nitrogens with zero attached hydrogens (tertiary/aromatic N) is 3. The molecular weight excluding hydrogens is 843 g/mol. The summed E-state index contributed by atoms with van der Waals surface area (Å²) in [5, 5.41) is 3.97. The minimum atomic E-state index is -0.508. The maximum Gasteiger partial charge on any atom is 0.167 e. The van der Waals surface area contributed by atoms with Gasteiger partial charge < -0.3 is 8.83 Å². The monoisotopic (exact) mass is 881 g/mol. The lowest BCUT2D eigenvalue weighted by molar-refractivity contribution is 0.668. The van der Waals surface area contributed by atoms with Crippen molar-refractivity contribution in [1.29, 1.82) is 0 Å². The summed E-state index contributed by atoms with van der Waals surface area (Å²) in [5.41, 5.74) is 17.0. The van der Waals surface area contributed by atoms with Gasteiger partial charge in [0.2, 0.25) is 0 Å². The summed E-state index contributed by atoms with van der Waals surface area (Å²) in [6.45, 7) is 0. The Morgan fingerprint density at radius 2 is 0.855 bits per heavy atom. The highest BCUT2D eigenvalue weighted by Crippen LogP contribution is 2.58. The van der Waals surface area contributed by atoms with Crippen LogP contribution in [-0.4, -0.2) is 15.0 Å². The van der Waals surface area contributed by atoms with Crippen molar-refractivity contribution in [2.75, 3.05) is 0 Å². The van der Waals surface area contributed by atoms with Gasteiger partial charge in [-0.05, 0) is 92.0 Å². The van der Waals surface area contributed by atoms with E-state index >= 15 is 0 Å². The minimum Gasteiger partial charge on any atom is -0.456 e. The summed E-state index contributed by atoms with van der Waals surface area (Å²) in [7, 11) is 0. The molecule has 0 unspecified atom stereocenters. The van der Waals surface area contributed by atoms with Crippen molar-refractivity contribution >= 4 is 43.9 Å². The molecule has 0 N–H and O–H groups in total. The van der Waals surface area contributed by atoms with Gasteiger partial charge in [0.25, 0.3) is 0 Å². The van der Waals surface area contributed by atoms with E-state index in [2.05, 4.69) is 188 Å². The van der Waals surface area contributed by atoms with Gasteiger partial charge in [-0.15, -0.1) is 0 Å². The lowest BCUT2D eigenvalue weighted by atomic mass is 9.67. The van der Waals surface area contributed by atoms with Crippen LogP contribution < -0.4 is 0 Å². The quantitative estimate of drug-likeness (QED) is 0.160. The summed E-state index contributed by atoms with van der Waals surface area (Å²) >= 11 is 0. The summed E-state index contributed by atoms with van der Waals surface area (Å²) in [6.07, 6.45) is 0. The van der Waals surface area contributed by atoms with Gasteiger partial charge in [-0.25, -0.2) is 15.0 Å². The van der Waals surface area contributed by atoms with Crippen LogP contribution in [-0.2, 0) is 5.41 Å². The molecule has 3 aromatic heterocycles. The number of rotatable bonds is 7. The fourth-order valence-corrected chi connectivity index (χ4v) is 11.1. The Morgan fingerprint density at radius 3 is 1.68 bits per heavy atom. The zero-order valence-corrected chi connectivity index (χ0v) is 37.2. The minimum absolute atomic E-state index is 0.508. The Bertz CT molecular complexity index is 4100. The van der Waals surface area contributed by atoms with Crippen LogP contribution in [0, 0.1) is 0 Å². The summed E-state index contributed by atoms with van der Waals surface area (Å²) in [5.74, 6) is 1.62. The molecule has 0 fully saturated rings. The molecule has 5 nitrogen and oxygen atoms in total. The van der Waals surface area contributed by atoms with Crippen LogP contribution in [0.25, 0.3) is 111 Å². The first-order valence-corrected chi connectivity index (χ1v) is 23.3. The van der Waals surface area contributed by atoms with Gasteiger partial charge >= 0.3 is 0 Å². The fourth-order valence-electron chi connectivity index (χ4n) is 11.1. The van der Waals surface area contributed by atoms with Gasteiger partial charge in [0.05, 0.1) is 11.0 Å². The molecule has 0 saturated carbocycles. The van der Waals surface area contributed by atoms with E-state index in [1.54, 1.807) is 0 Å². The second-order valence-electron chi connectivity index (χ2n) is 17.8. The van der Waals surface area contributed by atoms with Crippen LogP contribution in [0.4, 0.5) is 0 Å². The molecule has 3 heterocycles. The van der Waals surface area contributed by atoms with E-state index in [1.807, 2.05) is 48.5 Å². The molecule has 0 bridgehead atoms. The van der Waals surface area contributed by atoms with Crippen LogP contribution in [0.1, 0.15) is 22.3 Å². The number of fused-ring (bicyclic) bond motifs is 9. The van der Waals surface area contributed by atoms with Gasteiger partial charge in [-0.2, -0.15) is 0 Å². The smallest absolute Gasteiger partial charge is 0.167 e. The highest BCUT2D eigenvalue weighted by Gasteiger charge is 2.46. The van der Waals surface area contributed by atoms with Crippen LogP contribution in [0.2, 0.25) is 0 Å². The first kappa shape index (κ1) is 39.0. The largest absolute Gasteiger partial charge is 0.456 e. The molecule has 10 aromatic carbocycles. The molecule has 0 saturated heterocycles. The zero-order valence-electron chi connectivity index (χ0n) is 37.2. The zero-order chi connectivity index (χ0) is 45.5. The molecule has 69 heavy (non-hydrogen) atoms. The van der Waals surface area contributed by atoms with Crippen LogP contribution in [0.5, 0.6) is 0 Å². The molecule has 1 aliphatic carbocycles. The first-order chi connectivity index (χ1) is 34.2. The van der Waals surface area contributed by atoms with Gasteiger partial charge in [0.15, 0.2) is 17.5 Å². The molecule has 1 aliphatic rings. The Kier molecular flexibility index (Phi) is 8.73. The van der Waals surface area contributed by atoms with Crippen molar-refractivity contribution in [3.05, 3.63) is 259 Å². The average Bonchev–Trinajstić information content (AvgIpc) is 4.10. The molecule has 13 aromatic rings. The molecule has 322 valence electrons. The SMILES string of the molecule is c1ccc(-c2cccc(-c3nc(-c4cccc5c4oc4ccccc45)nc(-c4cccc5oc6ccc(-c7cccc8c7-c7ccccc7C8(c7ccccc7)c7ccccc7)cc6c45)n3)c2)cc1. The number of para-hydroxylation sites is 2. The van der Waals surface area contributed by atoms with E-state index < -0.39 is 5.41 Å². The van der Waals surface area contributed by atoms with Gasteiger partial charge in [-0.1, -0.05) is 200 Å². The van der Waals surface area contributed by atoms with Crippen LogP contribution >= 0.6 is 0 Å². The molecule has 14 rings (SSSR count). The summed E-state index contributed by atoms with van der Waals surface area (Å²) in [6, 6.07) is 83.5. The van der Waals surface area contributed by atoms with E-state index in [-0.39, 0.29) is 0 Å². The van der Waals surface area contributed by atoms with E-state index in [9.17, 15) is 0 Å². The highest BCUT2D eigenvalue weighted by molar-refractivity contribution is 6.14. The Morgan fingerprint density at radius 1 is 0.304 bits per heavy atom. The number of hydrogen-bond acceptors (Lipinski definition) is 5. The average molecular weight is 882 g/mol. The van der Waals surface area contributed by atoms with Crippen molar-refractivity contribution in [2.45, 2.75) is 5.41 Å². The number of benzene rings is 10. The summed E-state index contributed by atoms with van der Waals surface area (Å²) < 4.78 is 13.3. The Hall–Kier alpha value is -9.19. The van der Waals surface area contributed by atoms with E-state index in [4.69, 9.17) is 23.8 Å². The molecule has 0 spiro atoms. The second kappa shape index (κ2) is 15.4. The van der Waals surface area contributed by atoms with Crippen LogP contribution in [0.15, 0.2) is 245 Å². The molecule has 0 radical (unpaired) electrons. The number of aromatic nitrogens is 3. The summed E-state index contributed by atoms with van der Waals surface area (Å²) in [4.78, 5) is 15.9.